The van der Waals surface area contributed by atoms with E-state index in [9.17, 15) is 4.79 Å². The third-order valence-corrected chi connectivity index (χ3v) is 4.85. The van der Waals surface area contributed by atoms with Crippen LogP contribution in [0.3, 0.4) is 0 Å². The van der Waals surface area contributed by atoms with Crippen LogP contribution in [0.2, 0.25) is 5.02 Å². The van der Waals surface area contributed by atoms with Crippen molar-refractivity contribution in [2.75, 3.05) is 17.3 Å². The summed E-state index contributed by atoms with van der Waals surface area (Å²) in [4.78, 5) is 26.7. The number of amides is 1. The van der Waals surface area contributed by atoms with E-state index in [4.69, 9.17) is 11.6 Å². The molecule has 2 aromatic carbocycles. The molecule has 1 amide bonds. The van der Waals surface area contributed by atoms with Crippen LogP contribution in [0, 0.1) is 0 Å². The second kappa shape index (κ2) is 8.24. The molecule has 4 aromatic rings. The molecule has 1 N–H and O–H groups in total. The van der Waals surface area contributed by atoms with Crippen molar-refractivity contribution in [3.05, 3.63) is 89.5 Å². The molecule has 4 rings (SSSR count). The van der Waals surface area contributed by atoms with Gasteiger partial charge in [-0.3, -0.25) is 9.78 Å². The van der Waals surface area contributed by atoms with Crippen LogP contribution in [-0.2, 0) is 6.54 Å². The van der Waals surface area contributed by atoms with Gasteiger partial charge in [0.2, 0.25) is 0 Å². The molecule has 0 aliphatic carbocycles. The minimum atomic E-state index is -0.0793. The first-order chi connectivity index (χ1) is 14.1. The van der Waals surface area contributed by atoms with Crippen LogP contribution >= 0.6 is 11.6 Å². The van der Waals surface area contributed by atoms with Crippen molar-refractivity contribution in [1.82, 2.24) is 15.0 Å². The highest BCUT2D eigenvalue weighted by Gasteiger charge is 2.13. The highest BCUT2D eigenvalue weighted by Crippen LogP contribution is 2.23. The summed E-state index contributed by atoms with van der Waals surface area (Å²) in [6, 6.07) is 16.8. The van der Waals surface area contributed by atoms with Gasteiger partial charge in [-0.1, -0.05) is 23.7 Å². The van der Waals surface area contributed by atoms with Gasteiger partial charge in [-0.05, 0) is 48.0 Å². The molecule has 0 atom stereocenters. The van der Waals surface area contributed by atoms with Crippen molar-refractivity contribution in [3.8, 4) is 0 Å². The standard InChI is InChI=1S/C22H18ClN5O/c1-28(22(29)16-8-10-24-11-9-16)18-5-2-15(3-6-18)13-25-21-19-7-4-17(23)12-20(19)26-14-27-21/h2-12,14H,13H2,1H3,(H,25,26,27). The molecule has 0 saturated carbocycles. The van der Waals surface area contributed by atoms with Gasteiger partial charge in [-0.25, -0.2) is 9.97 Å². The van der Waals surface area contributed by atoms with Crippen molar-refractivity contribution >= 4 is 39.9 Å². The quantitative estimate of drug-likeness (QED) is 0.528. The van der Waals surface area contributed by atoms with Crippen molar-refractivity contribution in [1.29, 1.82) is 0 Å². The van der Waals surface area contributed by atoms with Gasteiger partial charge in [-0.15, -0.1) is 0 Å². The first-order valence-electron chi connectivity index (χ1n) is 9.03. The number of halogens is 1. The molecule has 0 aliphatic heterocycles. The van der Waals surface area contributed by atoms with Gasteiger partial charge in [0.25, 0.3) is 5.91 Å². The summed E-state index contributed by atoms with van der Waals surface area (Å²) < 4.78 is 0. The zero-order chi connectivity index (χ0) is 20.2. The van der Waals surface area contributed by atoms with Crippen LogP contribution in [0.1, 0.15) is 15.9 Å². The maximum Gasteiger partial charge on any atom is 0.258 e. The van der Waals surface area contributed by atoms with E-state index in [1.807, 2.05) is 42.5 Å². The Morgan fingerprint density at radius 3 is 2.55 bits per heavy atom. The third kappa shape index (κ3) is 4.17. The molecule has 7 heteroatoms. The largest absolute Gasteiger partial charge is 0.365 e. The fraction of sp³-hybridized carbons (Fsp3) is 0.0909. The smallest absolute Gasteiger partial charge is 0.258 e. The average Bonchev–Trinajstić information content (AvgIpc) is 2.77. The number of nitrogens with one attached hydrogen (secondary N) is 1. The normalized spacial score (nSPS) is 10.7. The maximum atomic E-state index is 12.6. The Bertz CT molecular complexity index is 1150. The lowest BCUT2D eigenvalue weighted by atomic mass is 10.1. The summed E-state index contributed by atoms with van der Waals surface area (Å²) in [5.41, 5.74) is 3.28. The molecule has 0 unspecified atom stereocenters. The summed E-state index contributed by atoms with van der Waals surface area (Å²) >= 11 is 6.03. The minimum absolute atomic E-state index is 0.0793. The van der Waals surface area contributed by atoms with Crippen LogP contribution in [0.15, 0.2) is 73.3 Å². The Labute approximate surface area is 173 Å². The van der Waals surface area contributed by atoms with Gasteiger partial charge in [0.05, 0.1) is 5.52 Å². The topological polar surface area (TPSA) is 71.0 Å². The highest BCUT2D eigenvalue weighted by atomic mass is 35.5. The van der Waals surface area contributed by atoms with Gasteiger partial charge < -0.3 is 10.2 Å². The Morgan fingerprint density at radius 2 is 1.79 bits per heavy atom. The predicted molar refractivity (Wildman–Crippen MR) is 115 cm³/mol. The Hall–Kier alpha value is -3.51. The van der Waals surface area contributed by atoms with Crippen LogP contribution in [0.4, 0.5) is 11.5 Å². The maximum absolute atomic E-state index is 12.6. The number of hydrogen-bond acceptors (Lipinski definition) is 5. The molecule has 0 bridgehead atoms. The highest BCUT2D eigenvalue weighted by molar-refractivity contribution is 6.31. The number of aromatic nitrogens is 3. The lowest BCUT2D eigenvalue weighted by Gasteiger charge is -2.18. The van der Waals surface area contributed by atoms with Crippen LogP contribution < -0.4 is 10.2 Å². The zero-order valence-corrected chi connectivity index (χ0v) is 16.5. The average molecular weight is 404 g/mol. The third-order valence-electron chi connectivity index (χ3n) is 4.61. The summed E-state index contributed by atoms with van der Waals surface area (Å²) in [5.74, 6) is 0.671. The summed E-state index contributed by atoms with van der Waals surface area (Å²) in [5, 5.41) is 4.89. The summed E-state index contributed by atoms with van der Waals surface area (Å²) in [6.07, 6.45) is 4.74. The van der Waals surface area contributed by atoms with E-state index < -0.39 is 0 Å². The fourth-order valence-electron chi connectivity index (χ4n) is 3.00. The van der Waals surface area contributed by atoms with E-state index >= 15 is 0 Å². The Morgan fingerprint density at radius 1 is 1.03 bits per heavy atom. The van der Waals surface area contributed by atoms with E-state index in [2.05, 4.69) is 20.3 Å². The Balaban J connectivity index is 1.46. The second-order valence-corrected chi connectivity index (χ2v) is 6.94. The minimum Gasteiger partial charge on any atom is -0.365 e. The van der Waals surface area contributed by atoms with E-state index in [1.165, 1.54) is 6.33 Å². The first kappa shape index (κ1) is 18.8. The number of hydrogen-bond donors (Lipinski definition) is 1. The van der Waals surface area contributed by atoms with Gasteiger partial charge in [0, 0.05) is 47.6 Å². The van der Waals surface area contributed by atoms with Crippen molar-refractivity contribution < 1.29 is 4.79 Å². The van der Waals surface area contributed by atoms with E-state index in [-0.39, 0.29) is 5.91 Å². The molecule has 144 valence electrons. The molecule has 0 saturated heterocycles. The van der Waals surface area contributed by atoms with Gasteiger partial charge in [-0.2, -0.15) is 0 Å². The van der Waals surface area contributed by atoms with Crippen molar-refractivity contribution in [3.63, 3.8) is 0 Å². The fourth-order valence-corrected chi connectivity index (χ4v) is 3.17. The molecule has 2 aromatic heterocycles. The molecule has 29 heavy (non-hydrogen) atoms. The SMILES string of the molecule is CN(C(=O)c1ccncc1)c1ccc(CNc2ncnc3cc(Cl)ccc23)cc1. The van der Waals surface area contributed by atoms with Crippen LogP contribution in [0.25, 0.3) is 10.9 Å². The van der Waals surface area contributed by atoms with Crippen LogP contribution in [-0.4, -0.2) is 27.9 Å². The molecular weight excluding hydrogens is 386 g/mol. The molecule has 0 spiro atoms. The molecule has 0 radical (unpaired) electrons. The Kier molecular flexibility index (Phi) is 5.35. The molecular formula is C22H18ClN5O. The second-order valence-electron chi connectivity index (χ2n) is 6.50. The van der Waals surface area contributed by atoms with Gasteiger partial charge >= 0.3 is 0 Å². The van der Waals surface area contributed by atoms with E-state index in [1.54, 1.807) is 36.5 Å². The number of carbonyl (C=O) groups is 1. The number of nitrogens with zero attached hydrogens (tertiary/aromatic N) is 4. The van der Waals surface area contributed by atoms with Crippen LogP contribution in [0.5, 0.6) is 0 Å². The van der Waals surface area contributed by atoms with E-state index in [0.717, 1.165) is 28.0 Å². The summed E-state index contributed by atoms with van der Waals surface area (Å²) in [7, 11) is 1.76. The van der Waals surface area contributed by atoms with E-state index in [0.29, 0.717) is 17.1 Å². The lowest BCUT2D eigenvalue weighted by Crippen LogP contribution is -2.26. The van der Waals surface area contributed by atoms with Crippen molar-refractivity contribution in [2.45, 2.75) is 6.54 Å². The summed E-state index contributed by atoms with van der Waals surface area (Å²) in [6.45, 7) is 0.594. The molecule has 6 nitrogen and oxygen atoms in total. The number of carbonyl (C=O) groups excluding carboxylic acids is 1. The zero-order valence-electron chi connectivity index (χ0n) is 15.7. The first-order valence-corrected chi connectivity index (χ1v) is 9.41. The van der Waals surface area contributed by atoms with Crippen molar-refractivity contribution in [2.24, 2.45) is 0 Å². The number of anilines is 2. The predicted octanol–water partition coefficient (Wildman–Crippen LogP) is 4.57. The molecule has 2 heterocycles. The number of pyridine rings is 1. The molecule has 0 aliphatic rings. The molecule has 0 fully saturated rings. The van der Waals surface area contributed by atoms with Gasteiger partial charge in [0.15, 0.2) is 0 Å². The van der Waals surface area contributed by atoms with Gasteiger partial charge in [0.1, 0.15) is 12.1 Å². The number of fused-ring (bicyclic) bond motifs is 1. The number of benzene rings is 2. The lowest BCUT2D eigenvalue weighted by molar-refractivity contribution is 0.0993. The monoisotopic (exact) mass is 403 g/mol. The number of rotatable bonds is 5.